The van der Waals surface area contributed by atoms with E-state index in [2.05, 4.69) is 5.32 Å². The Kier molecular flexibility index (Phi) is 4.70. The molecule has 0 saturated heterocycles. The first-order valence-electron chi connectivity index (χ1n) is 7.76. The summed E-state index contributed by atoms with van der Waals surface area (Å²) in [7, 11) is 1.57. The van der Waals surface area contributed by atoms with Crippen molar-refractivity contribution in [1.82, 2.24) is 4.57 Å². The van der Waals surface area contributed by atoms with Crippen LogP contribution in [0.1, 0.15) is 5.56 Å². The molecule has 3 rings (SSSR count). The van der Waals surface area contributed by atoms with Crippen LogP contribution in [0.2, 0.25) is 0 Å². The van der Waals surface area contributed by atoms with Crippen molar-refractivity contribution < 1.29 is 13.9 Å². The topological polar surface area (TPSA) is 73.5 Å². The van der Waals surface area contributed by atoms with Gasteiger partial charge in [-0.05, 0) is 31.2 Å². The standard InChI is InChI=1S/C19H18N2O4/c1-13-3-5-14(6-4-13)17-11-21(19(23)25-17)12-18(22)20-15-7-9-16(24-2)10-8-15/h3-11H,12H2,1-2H3,(H,20,22). The number of oxazole rings is 1. The summed E-state index contributed by atoms with van der Waals surface area (Å²) in [6.45, 7) is 1.86. The third-order valence-electron chi connectivity index (χ3n) is 3.73. The molecule has 6 nitrogen and oxygen atoms in total. The molecule has 1 heterocycles. The highest BCUT2D eigenvalue weighted by Crippen LogP contribution is 2.18. The van der Waals surface area contributed by atoms with Gasteiger partial charge in [-0.1, -0.05) is 29.8 Å². The van der Waals surface area contributed by atoms with Gasteiger partial charge < -0.3 is 14.5 Å². The number of benzene rings is 2. The van der Waals surface area contributed by atoms with E-state index in [0.717, 1.165) is 11.1 Å². The number of aromatic nitrogens is 1. The van der Waals surface area contributed by atoms with Gasteiger partial charge in [0.25, 0.3) is 0 Å². The van der Waals surface area contributed by atoms with Crippen molar-refractivity contribution in [3.05, 3.63) is 70.8 Å². The smallest absolute Gasteiger partial charge is 0.419 e. The molecule has 3 aromatic rings. The Morgan fingerprint density at radius 2 is 1.80 bits per heavy atom. The molecule has 0 fully saturated rings. The van der Waals surface area contributed by atoms with Gasteiger partial charge in [0, 0.05) is 11.3 Å². The summed E-state index contributed by atoms with van der Waals surface area (Å²) in [5.41, 5.74) is 2.53. The third kappa shape index (κ3) is 3.98. The third-order valence-corrected chi connectivity index (χ3v) is 3.73. The van der Waals surface area contributed by atoms with Crippen molar-refractivity contribution >= 4 is 11.6 Å². The van der Waals surface area contributed by atoms with Gasteiger partial charge >= 0.3 is 5.76 Å². The molecule has 2 aromatic carbocycles. The lowest BCUT2D eigenvalue weighted by Gasteiger charge is -2.06. The number of amides is 1. The van der Waals surface area contributed by atoms with Gasteiger partial charge in [0.2, 0.25) is 5.91 Å². The van der Waals surface area contributed by atoms with Crippen LogP contribution in [0, 0.1) is 6.92 Å². The summed E-state index contributed by atoms with van der Waals surface area (Å²) >= 11 is 0. The molecule has 0 bridgehead atoms. The van der Waals surface area contributed by atoms with E-state index < -0.39 is 5.76 Å². The fraction of sp³-hybridized carbons (Fsp3) is 0.158. The van der Waals surface area contributed by atoms with E-state index in [-0.39, 0.29) is 12.5 Å². The highest BCUT2D eigenvalue weighted by molar-refractivity contribution is 5.90. The van der Waals surface area contributed by atoms with E-state index in [0.29, 0.717) is 17.2 Å². The molecule has 0 radical (unpaired) electrons. The van der Waals surface area contributed by atoms with E-state index in [1.807, 2.05) is 31.2 Å². The van der Waals surface area contributed by atoms with Crippen molar-refractivity contribution in [3.63, 3.8) is 0 Å². The first-order chi connectivity index (χ1) is 12.0. The van der Waals surface area contributed by atoms with Crippen molar-refractivity contribution in [2.75, 3.05) is 12.4 Å². The zero-order valence-electron chi connectivity index (χ0n) is 14.0. The van der Waals surface area contributed by atoms with Gasteiger partial charge in [0.15, 0.2) is 5.76 Å². The van der Waals surface area contributed by atoms with Crippen LogP contribution in [-0.2, 0) is 11.3 Å². The second-order valence-corrected chi connectivity index (χ2v) is 5.63. The fourth-order valence-electron chi connectivity index (χ4n) is 2.36. The number of carbonyl (C=O) groups is 1. The lowest BCUT2D eigenvalue weighted by Crippen LogP contribution is -2.24. The van der Waals surface area contributed by atoms with Crippen LogP contribution in [0.15, 0.2) is 63.9 Å². The number of ether oxygens (including phenoxy) is 1. The van der Waals surface area contributed by atoms with Gasteiger partial charge in [0.05, 0.1) is 13.3 Å². The quantitative estimate of drug-likeness (QED) is 0.776. The zero-order chi connectivity index (χ0) is 17.8. The number of methoxy groups -OCH3 is 1. The predicted molar refractivity (Wildman–Crippen MR) is 94.8 cm³/mol. The zero-order valence-corrected chi connectivity index (χ0v) is 14.0. The molecule has 1 aromatic heterocycles. The van der Waals surface area contributed by atoms with Crippen LogP contribution in [0.3, 0.4) is 0 Å². The fourth-order valence-corrected chi connectivity index (χ4v) is 2.36. The number of hydrogen-bond acceptors (Lipinski definition) is 4. The molecule has 0 aliphatic heterocycles. The molecule has 0 unspecified atom stereocenters. The molecular weight excluding hydrogens is 320 g/mol. The normalized spacial score (nSPS) is 10.5. The number of carbonyl (C=O) groups excluding carboxylic acids is 1. The van der Waals surface area contributed by atoms with Crippen molar-refractivity contribution in [3.8, 4) is 17.1 Å². The van der Waals surface area contributed by atoms with Crippen LogP contribution in [0.4, 0.5) is 5.69 Å². The summed E-state index contributed by atoms with van der Waals surface area (Å²) in [6, 6.07) is 14.6. The molecule has 0 saturated carbocycles. The molecule has 0 spiro atoms. The Morgan fingerprint density at radius 1 is 1.12 bits per heavy atom. The molecule has 128 valence electrons. The first-order valence-corrected chi connectivity index (χ1v) is 7.76. The van der Waals surface area contributed by atoms with Crippen LogP contribution in [0.5, 0.6) is 5.75 Å². The lowest BCUT2D eigenvalue weighted by molar-refractivity contribution is -0.116. The Hall–Kier alpha value is -3.28. The van der Waals surface area contributed by atoms with Crippen molar-refractivity contribution in [2.45, 2.75) is 13.5 Å². The number of nitrogens with one attached hydrogen (secondary N) is 1. The van der Waals surface area contributed by atoms with Gasteiger partial charge in [0.1, 0.15) is 12.3 Å². The van der Waals surface area contributed by atoms with Gasteiger partial charge in [-0.15, -0.1) is 0 Å². The Morgan fingerprint density at radius 3 is 2.44 bits per heavy atom. The maximum Gasteiger partial charge on any atom is 0.419 e. The minimum absolute atomic E-state index is 0.125. The minimum atomic E-state index is -0.569. The predicted octanol–water partition coefficient (Wildman–Crippen LogP) is 3.06. The van der Waals surface area contributed by atoms with Crippen LogP contribution in [-0.4, -0.2) is 17.6 Å². The largest absolute Gasteiger partial charge is 0.497 e. The molecular formula is C19H18N2O4. The summed E-state index contributed by atoms with van der Waals surface area (Å²) < 4.78 is 11.5. The Balaban J connectivity index is 1.70. The Bertz CT molecular complexity index is 921. The minimum Gasteiger partial charge on any atom is -0.497 e. The highest BCUT2D eigenvalue weighted by Gasteiger charge is 2.11. The molecule has 0 aliphatic rings. The summed E-state index contributed by atoms with van der Waals surface area (Å²) in [4.78, 5) is 24.1. The molecule has 1 amide bonds. The van der Waals surface area contributed by atoms with Gasteiger partial charge in [-0.2, -0.15) is 0 Å². The number of rotatable bonds is 5. The molecule has 0 atom stereocenters. The molecule has 0 aliphatic carbocycles. The van der Waals surface area contributed by atoms with Crippen molar-refractivity contribution in [2.24, 2.45) is 0 Å². The second-order valence-electron chi connectivity index (χ2n) is 5.63. The maximum absolute atomic E-state index is 12.1. The number of aryl methyl sites for hydroxylation is 1. The number of nitrogens with zero attached hydrogens (tertiary/aromatic N) is 1. The average Bonchev–Trinajstić information content (AvgIpc) is 2.96. The van der Waals surface area contributed by atoms with Crippen LogP contribution in [0.25, 0.3) is 11.3 Å². The molecule has 6 heteroatoms. The molecule has 1 N–H and O–H groups in total. The van der Waals surface area contributed by atoms with E-state index >= 15 is 0 Å². The Labute approximate surface area is 144 Å². The first kappa shape index (κ1) is 16.6. The molecule has 25 heavy (non-hydrogen) atoms. The number of hydrogen-bond donors (Lipinski definition) is 1. The van der Waals surface area contributed by atoms with Gasteiger partial charge in [-0.3, -0.25) is 9.36 Å². The van der Waals surface area contributed by atoms with Gasteiger partial charge in [-0.25, -0.2) is 4.79 Å². The summed E-state index contributed by atoms with van der Waals surface area (Å²) in [6.07, 6.45) is 1.54. The maximum atomic E-state index is 12.1. The van der Waals surface area contributed by atoms with E-state index in [1.54, 1.807) is 37.6 Å². The van der Waals surface area contributed by atoms with E-state index in [1.165, 1.54) is 4.57 Å². The van der Waals surface area contributed by atoms with Crippen LogP contribution < -0.4 is 15.8 Å². The monoisotopic (exact) mass is 338 g/mol. The summed E-state index contributed by atoms with van der Waals surface area (Å²) in [5.74, 6) is 0.248. The second kappa shape index (κ2) is 7.09. The average molecular weight is 338 g/mol. The lowest BCUT2D eigenvalue weighted by atomic mass is 10.1. The van der Waals surface area contributed by atoms with E-state index in [4.69, 9.17) is 9.15 Å². The summed E-state index contributed by atoms with van der Waals surface area (Å²) in [5, 5.41) is 2.73. The van der Waals surface area contributed by atoms with Crippen LogP contribution >= 0.6 is 0 Å². The van der Waals surface area contributed by atoms with Crippen molar-refractivity contribution in [1.29, 1.82) is 0 Å². The SMILES string of the molecule is COc1ccc(NC(=O)Cn2cc(-c3ccc(C)cc3)oc2=O)cc1. The van der Waals surface area contributed by atoms with E-state index in [9.17, 15) is 9.59 Å². The number of anilines is 1. The highest BCUT2D eigenvalue weighted by atomic mass is 16.5.